The molecule has 2 rings (SSSR count). The first-order valence-electron chi connectivity index (χ1n) is 5.30. The van der Waals surface area contributed by atoms with Gasteiger partial charge < -0.3 is 5.32 Å². The molecule has 0 amide bonds. The van der Waals surface area contributed by atoms with Crippen LogP contribution in [0.4, 0.5) is 0 Å². The molecule has 1 N–H and O–H groups in total. The van der Waals surface area contributed by atoms with Crippen molar-refractivity contribution in [3.63, 3.8) is 0 Å². The minimum atomic E-state index is 1.07. The van der Waals surface area contributed by atoms with Crippen molar-refractivity contribution in [2.45, 2.75) is 12.8 Å². The molecule has 0 unspecified atom stereocenters. The van der Waals surface area contributed by atoms with Gasteiger partial charge in [0.25, 0.3) is 0 Å². The molecule has 0 radical (unpaired) electrons. The molecule has 0 aliphatic rings. The topological polar surface area (TPSA) is 12.0 Å². The fraction of sp³-hybridized carbons (Fsp3) is 0.333. The first-order chi connectivity index (χ1) is 7.84. The van der Waals surface area contributed by atoms with Gasteiger partial charge in [0.1, 0.15) is 0 Å². The summed E-state index contributed by atoms with van der Waals surface area (Å²) in [6.07, 6.45) is 2.26. The average Bonchev–Trinajstić information content (AvgIpc) is 2.89. The van der Waals surface area contributed by atoms with Gasteiger partial charge in [-0.2, -0.15) is 11.3 Å². The summed E-state index contributed by atoms with van der Waals surface area (Å²) in [6, 6.07) is 6.50. The Hall–Kier alpha value is -0.160. The summed E-state index contributed by atoms with van der Waals surface area (Å²) in [7, 11) is 0. The minimum Gasteiger partial charge on any atom is -0.316 e. The second-order valence-electron chi connectivity index (χ2n) is 3.59. The first-order valence-corrected chi connectivity index (χ1v) is 7.86. The second kappa shape index (κ2) is 6.55. The molecule has 0 aromatic carbocycles. The molecule has 2 aromatic rings. The second-order valence-corrected chi connectivity index (χ2v) is 6.92. The number of nitrogens with one attached hydrogen (secondary N) is 1. The Morgan fingerprint density at radius 3 is 2.69 bits per heavy atom. The molecule has 0 spiro atoms. The maximum atomic E-state index is 3.48. The highest BCUT2D eigenvalue weighted by Crippen LogP contribution is 2.21. The number of hydrogen-bond donors (Lipinski definition) is 1. The predicted octanol–water partition coefficient (Wildman–Crippen LogP) is 3.95. The normalized spacial score (nSPS) is 10.8. The van der Waals surface area contributed by atoms with Crippen molar-refractivity contribution in [2.24, 2.45) is 0 Å². The molecule has 16 heavy (non-hydrogen) atoms. The Kier molecular flexibility index (Phi) is 5.03. The summed E-state index contributed by atoms with van der Waals surface area (Å²) in [6.45, 7) is 2.14. The average molecular weight is 316 g/mol. The molecule has 0 atom stereocenters. The SMILES string of the molecule is Brc1ccc(CCNCCc2ccsc2)s1. The quantitative estimate of drug-likeness (QED) is 0.796. The summed E-state index contributed by atoms with van der Waals surface area (Å²) < 4.78 is 1.22. The Bertz CT molecular complexity index is 408. The zero-order valence-corrected chi connectivity index (χ0v) is 12.1. The van der Waals surface area contributed by atoms with Crippen molar-refractivity contribution in [1.29, 1.82) is 0 Å². The Morgan fingerprint density at radius 2 is 2.00 bits per heavy atom. The Morgan fingerprint density at radius 1 is 1.12 bits per heavy atom. The van der Waals surface area contributed by atoms with Crippen LogP contribution in [0, 0.1) is 0 Å². The summed E-state index contributed by atoms with van der Waals surface area (Å²) in [5.41, 5.74) is 1.44. The van der Waals surface area contributed by atoms with Gasteiger partial charge in [0.2, 0.25) is 0 Å². The number of halogens is 1. The first kappa shape index (κ1) is 12.3. The van der Waals surface area contributed by atoms with Crippen LogP contribution in [-0.4, -0.2) is 13.1 Å². The van der Waals surface area contributed by atoms with Crippen LogP contribution in [0.2, 0.25) is 0 Å². The fourth-order valence-electron chi connectivity index (χ4n) is 1.49. The molecule has 1 nitrogen and oxygen atoms in total. The van der Waals surface area contributed by atoms with Gasteiger partial charge in [-0.25, -0.2) is 0 Å². The van der Waals surface area contributed by atoms with Gasteiger partial charge in [0.05, 0.1) is 3.79 Å². The zero-order valence-electron chi connectivity index (χ0n) is 8.91. The predicted molar refractivity (Wildman–Crippen MR) is 76.6 cm³/mol. The van der Waals surface area contributed by atoms with Crippen molar-refractivity contribution in [1.82, 2.24) is 5.32 Å². The van der Waals surface area contributed by atoms with E-state index in [9.17, 15) is 0 Å². The van der Waals surface area contributed by atoms with Gasteiger partial charge >= 0.3 is 0 Å². The third-order valence-electron chi connectivity index (χ3n) is 2.35. The van der Waals surface area contributed by atoms with Crippen molar-refractivity contribution in [3.05, 3.63) is 43.2 Å². The van der Waals surface area contributed by atoms with Gasteiger partial charge in [-0.3, -0.25) is 0 Å². The lowest BCUT2D eigenvalue weighted by Crippen LogP contribution is -2.19. The number of hydrogen-bond acceptors (Lipinski definition) is 3. The van der Waals surface area contributed by atoms with E-state index in [1.807, 2.05) is 11.3 Å². The highest BCUT2D eigenvalue weighted by Gasteiger charge is 1.97. The van der Waals surface area contributed by atoms with Crippen LogP contribution in [0.1, 0.15) is 10.4 Å². The molecule has 0 saturated carbocycles. The standard InChI is InChI=1S/C12H14BrNS2/c13-12-2-1-11(16-12)4-7-14-6-3-10-5-8-15-9-10/h1-2,5,8-9,14H,3-4,6-7H2. The highest BCUT2D eigenvalue weighted by molar-refractivity contribution is 9.11. The largest absolute Gasteiger partial charge is 0.316 e. The van der Waals surface area contributed by atoms with Crippen molar-refractivity contribution < 1.29 is 0 Å². The van der Waals surface area contributed by atoms with E-state index >= 15 is 0 Å². The maximum Gasteiger partial charge on any atom is 0.0701 e. The van der Waals surface area contributed by atoms with Crippen molar-refractivity contribution in [3.8, 4) is 0 Å². The zero-order chi connectivity index (χ0) is 11.2. The summed E-state index contributed by atoms with van der Waals surface area (Å²) in [5.74, 6) is 0. The van der Waals surface area contributed by atoms with Gasteiger partial charge in [-0.05, 0) is 76.4 Å². The number of thiophene rings is 2. The van der Waals surface area contributed by atoms with Gasteiger partial charge in [-0.15, -0.1) is 11.3 Å². The minimum absolute atomic E-state index is 1.07. The molecular weight excluding hydrogens is 302 g/mol. The number of rotatable bonds is 6. The van der Waals surface area contributed by atoms with Crippen LogP contribution < -0.4 is 5.32 Å². The highest BCUT2D eigenvalue weighted by atomic mass is 79.9. The summed E-state index contributed by atoms with van der Waals surface area (Å²) in [4.78, 5) is 1.44. The van der Waals surface area contributed by atoms with Gasteiger partial charge in [-0.1, -0.05) is 0 Å². The van der Waals surface area contributed by atoms with E-state index in [4.69, 9.17) is 0 Å². The fourth-order valence-corrected chi connectivity index (χ4v) is 3.68. The molecule has 86 valence electrons. The van der Waals surface area contributed by atoms with E-state index in [1.54, 1.807) is 11.3 Å². The Balaban J connectivity index is 1.59. The van der Waals surface area contributed by atoms with Crippen LogP contribution in [0.25, 0.3) is 0 Å². The molecule has 2 aromatic heterocycles. The molecule has 4 heteroatoms. The van der Waals surface area contributed by atoms with E-state index in [0.29, 0.717) is 0 Å². The molecule has 0 aliphatic heterocycles. The van der Waals surface area contributed by atoms with Crippen molar-refractivity contribution >= 4 is 38.6 Å². The van der Waals surface area contributed by atoms with E-state index in [-0.39, 0.29) is 0 Å². The molecule has 0 aliphatic carbocycles. The van der Waals surface area contributed by atoms with E-state index < -0.39 is 0 Å². The Labute approximate surface area is 113 Å². The molecule has 2 heterocycles. The third kappa shape index (κ3) is 4.01. The molecular formula is C12H14BrNS2. The van der Waals surface area contributed by atoms with Gasteiger partial charge in [0, 0.05) is 4.88 Å². The lowest BCUT2D eigenvalue weighted by Gasteiger charge is -2.02. The van der Waals surface area contributed by atoms with Crippen LogP contribution in [0.15, 0.2) is 32.7 Å². The van der Waals surface area contributed by atoms with Gasteiger partial charge in [0.15, 0.2) is 0 Å². The smallest absolute Gasteiger partial charge is 0.0701 e. The van der Waals surface area contributed by atoms with E-state index in [1.165, 1.54) is 14.2 Å². The summed E-state index contributed by atoms with van der Waals surface area (Å²) >= 11 is 7.07. The maximum absolute atomic E-state index is 3.48. The van der Waals surface area contributed by atoms with Crippen molar-refractivity contribution in [2.75, 3.05) is 13.1 Å². The summed E-state index contributed by atoms with van der Waals surface area (Å²) in [5, 5.41) is 7.84. The van der Waals surface area contributed by atoms with E-state index in [0.717, 1.165) is 25.9 Å². The van der Waals surface area contributed by atoms with Crippen LogP contribution in [0.5, 0.6) is 0 Å². The van der Waals surface area contributed by atoms with E-state index in [2.05, 4.69) is 50.2 Å². The molecule has 0 saturated heterocycles. The van der Waals surface area contributed by atoms with Crippen LogP contribution in [0.3, 0.4) is 0 Å². The lowest BCUT2D eigenvalue weighted by atomic mass is 10.2. The molecule has 0 fully saturated rings. The van der Waals surface area contributed by atoms with Crippen LogP contribution in [-0.2, 0) is 12.8 Å². The lowest BCUT2D eigenvalue weighted by molar-refractivity contribution is 0.686. The monoisotopic (exact) mass is 315 g/mol. The molecule has 0 bridgehead atoms. The third-order valence-corrected chi connectivity index (χ3v) is 4.76. The van der Waals surface area contributed by atoms with Crippen LogP contribution >= 0.6 is 38.6 Å².